The Morgan fingerprint density at radius 2 is 1.56 bits per heavy atom. The molecule has 3 nitrogen and oxygen atoms in total. The van der Waals surface area contributed by atoms with Gasteiger partial charge in [-0.3, -0.25) is 4.90 Å². The van der Waals surface area contributed by atoms with Gasteiger partial charge in [0.15, 0.2) is 0 Å². The number of aliphatic hydroxyl groups is 1. The highest BCUT2D eigenvalue weighted by atomic mass is 16.5. The summed E-state index contributed by atoms with van der Waals surface area (Å²) in [5, 5.41) is 10.4. The number of ether oxygens (including phenoxy) is 1. The highest BCUT2D eigenvalue weighted by Gasteiger charge is 2.50. The van der Waals surface area contributed by atoms with Gasteiger partial charge in [-0.25, -0.2) is 0 Å². The first-order valence-corrected chi connectivity index (χ1v) is 11.0. The Balaban J connectivity index is 1.18. The first-order valence-electron chi connectivity index (χ1n) is 11.0. The molecule has 1 aliphatic heterocycles. The largest absolute Gasteiger partial charge is 0.389 e. The first-order chi connectivity index (χ1) is 12.0. The molecule has 0 aromatic heterocycles. The lowest BCUT2D eigenvalue weighted by Crippen LogP contribution is -2.48. The van der Waals surface area contributed by atoms with Gasteiger partial charge in [0.2, 0.25) is 0 Å². The molecule has 5 fully saturated rings. The first kappa shape index (κ1) is 18.3. The smallest absolute Gasteiger partial charge is 0.0900 e. The lowest BCUT2D eigenvalue weighted by Gasteiger charge is -2.57. The fourth-order valence-electron chi connectivity index (χ4n) is 7.23. The van der Waals surface area contributed by atoms with Gasteiger partial charge in [0, 0.05) is 25.2 Å². The second-order valence-corrected chi connectivity index (χ2v) is 10.2. The lowest BCUT2D eigenvalue weighted by atomic mass is 9.49. The molecule has 0 spiro atoms. The van der Waals surface area contributed by atoms with Crippen molar-refractivity contribution in [1.29, 1.82) is 0 Å². The van der Waals surface area contributed by atoms with Gasteiger partial charge in [0.25, 0.3) is 0 Å². The van der Waals surface area contributed by atoms with E-state index < -0.39 is 0 Å². The van der Waals surface area contributed by atoms with Gasteiger partial charge in [0.05, 0.1) is 12.7 Å². The average Bonchev–Trinajstić information content (AvgIpc) is 2.54. The maximum atomic E-state index is 10.4. The number of likely N-dealkylation sites (tertiary alicyclic amines) is 1. The molecule has 5 rings (SSSR count). The molecule has 1 N–H and O–H groups in total. The predicted octanol–water partition coefficient (Wildman–Crippen LogP) is 4.23. The van der Waals surface area contributed by atoms with Crippen LogP contribution in [0.15, 0.2) is 0 Å². The van der Waals surface area contributed by atoms with E-state index >= 15 is 0 Å². The minimum Gasteiger partial charge on any atom is -0.389 e. The van der Waals surface area contributed by atoms with Gasteiger partial charge in [0.1, 0.15) is 0 Å². The number of aliphatic hydroxyl groups excluding tert-OH is 1. The zero-order chi connectivity index (χ0) is 17.4. The third-order valence-corrected chi connectivity index (χ3v) is 8.05. The van der Waals surface area contributed by atoms with E-state index in [1.165, 1.54) is 64.2 Å². The van der Waals surface area contributed by atoms with Crippen molar-refractivity contribution in [1.82, 2.24) is 4.90 Å². The minimum atomic E-state index is -0.334. The molecule has 144 valence electrons. The minimum absolute atomic E-state index is 0.334. The van der Waals surface area contributed by atoms with Crippen molar-refractivity contribution in [3.05, 3.63) is 0 Å². The summed E-state index contributed by atoms with van der Waals surface area (Å²) in [5.74, 6) is 3.08. The second kappa shape index (κ2) is 7.48. The van der Waals surface area contributed by atoms with Crippen LogP contribution in [0.1, 0.15) is 78.1 Å². The van der Waals surface area contributed by atoms with Crippen LogP contribution in [-0.4, -0.2) is 48.0 Å². The van der Waals surface area contributed by atoms with E-state index in [0.717, 1.165) is 30.9 Å². The van der Waals surface area contributed by atoms with Crippen molar-refractivity contribution in [2.45, 2.75) is 96.2 Å². The topological polar surface area (TPSA) is 32.7 Å². The van der Waals surface area contributed by atoms with Crippen molar-refractivity contribution < 1.29 is 9.84 Å². The van der Waals surface area contributed by atoms with E-state index in [0.29, 0.717) is 24.1 Å². The molecule has 0 aromatic carbocycles. The molecule has 1 saturated heterocycles. The zero-order valence-electron chi connectivity index (χ0n) is 16.5. The van der Waals surface area contributed by atoms with Crippen LogP contribution in [0, 0.1) is 23.2 Å². The van der Waals surface area contributed by atoms with E-state index in [1.54, 1.807) is 0 Å². The number of rotatable bonds is 7. The predicted molar refractivity (Wildman–Crippen MR) is 102 cm³/mol. The van der Waals surface area contributed by atoms with E-state index in [4.69, 9.17) is 4.74 Å². The molecule has 4 bridgehead atoms. The third-order valence-electron chi connectivity index (χ3n) is 8.05. The molecule has 0 radical (unpaired) electrons. The average molecular weight is 350 g/mol. The number of piperidine rings is 1. The standard InChI is InChI=1S/C22H39NO2/c1-16-4-3-5-17(2)23(16)14-21(24)15-25-7-6-22-11-18-8-19(12-22)10-20(9-18)13-22/h16-21,24H,3-15H2,1-2H3/t16-,17-,18?,19?,20?,21+,22?/m1/s1. The maximum absolute atomic E-state index is 10.4. The Morgan fingerprint density at radius 1 is 1.00 bits per heavy atom. The molecule has 1 heterocycles. The van der Waals surface area contributed by atoms with Crippen LogP contribution in [0.3, 0.4) is 0 Å². The Kier molecular flexibility index (Phi) is 5.46. The van der Waals surface area contributed by atoms with Crippen LogP contribution in [0.25, 0.3) is 0 Å². The van der Waals surface area contributed by atoms with E-state index in [1.807, 2.05) is 0 Å². The van der Waals surface area contributed by atoms with Gasteiger partial charge in [-0.05, 0) is 94.8 Å². The van der Waals surface area contributed by atoms with Crippen LogP contribution in [0.4, 0.5) is 0 Å². The number of hydrogen-bond donors (Lipinski definition) is 1. The normalized spacial score (nSPS) is 45.0. The molecule has 25 heavy (non-hydrogen) atoms. The summed E-state index contributed by atoms with van der Waals surface area (Å²) in [4.78, 5) is 2.48. The Bertz CT molecular complexity index is 406. The lowest BCUT2D eigenvalue weighted by molar-refractivity contribution is -0.0754. The second-order valence-electron chi connectivity index (χ2n) is 10.2. The van der Waals surface area contributed by atoms with Gasteiger partial charge < -0.3 is 9.84 Å². The molecular formula is C22H39NO2. The van der Waals surface area contributed by atoms with Crippen LogP contribution >= 0.6 is 0 Å². The highest BCUT2D eigenvalue weighted by Crippen LogP contribution is 2.61. The van der Waals surface area contributed by atoms with Crippen molar-refractivity contribution in [2.24, 2.45) is 23.2 Å². The van der Waals surface area contributed by atoms with Crippen LogP contribution in [-0.2, 0) is 4.74 Å². The molecule has 0 unspecified atom stereocenters. The van der Waals surface area contributed by atoms with E-state index in [2.05, 4.69) is 18.7 Å². The monoisotopic (exact) mass is 349 g/mol. The molecule has 3 atom stereocenters. The van der Waals surface area contributed by atoms with Gasteiger partial charge in [-0.15, -0.1) is 0 Å². The molecular weight excluding hydrogens is 310 g/mol. The quantitative estimate of drug-likeness (QED) is 0.698. The summed E-state index contributed by atoms with van der Waals surface area (Å²) < 4.78 is 5.97. The summed E-state index contributed by atoms with van der Waals surface area (Å²) in [6.07, 6.45) is 13.7. The summed E-state index contributed by atoms with van der Waals surface area (Å²) in [5.41, 5.74) is 0.607. The summed E-state index contributed by atoms with van der Waals surface area (Å²) in [7, 11) is 0. The summed E-state index contributed by atoms with van der Waals surface area (Å²) in [6, 6.07) is 1.20. The molecule has 4 aliphatic carbocycles. The third kappa shape index (κ3) is 4.09. The van der Waals surface area contributed by atoms with Crippen molar-refractivity contribution in [2.75, 3.05) is 19.8 Å². The van der Waals surface area contributed by atoms with Gasteiger partial charge in [-0.1, -0.05) is 6.42 Å². The molecule has 3 heteroatoms. The van der Waals surface area contributed by atoms with E-state index in [9.17, 15) is 5.11 Å². The SMILES string of the molecule is C[C@@H]1CCC[C@@H](C)N1C[C@H](O)COCCC12CC3CC(CC(C3)C1)C2. The summed E-state index contributed by atoms with van der Waals surface area (Å²) >= 11 is 0. The zero-order valence-corrected chi connectivity index (χ0v) is 16.5. The molecule has 4 saturated carbocycles. The van der Waals surface area contributed by atoms with Crippen molar-refractivity contribution in [3.8, 4) is 0 Å². The maximum Gasteiger partial charge on any atom is 0.0900 e. The molecule has 0 aromatic rings. The Morgan fingerprint density at radius 3 is 2.12 bits per heavy atom. The summed E-state index contributed by atoms with van der Waals surface area (Å²) in [6.45, 7) is 6.75. The Hall–Kier alpha value is -0.120. The van der Waals surface area contributed by atoms with Gasteiger partial charge in [-0.2, -0.15) is 0 Å². The van der Waals surface area contributed by atoms with Crippen molar-refractivity contribution >= 4 is 0 Å². The Labute approximate surface area is 154 Å². The van der Waals surface area contributed by atoms with Crippen molar-refractivity contribution in [3.63, 3.8) is 0 Å². The van der Waals surface area contributed by atoms with Crippen LogP contribution in [0.5, 0.6) is 0 Å². The van der Waals surface area contributed by atoms with E-state index in [-0.39, 0.29) is 6.10 Å². The number of nitrogens with zero attached hydrogens (tertiary/aromatic N) is 1. The van der Waals surface area contributed by atoms with Crippen LogP contribution in [0.2, 0.25) is 0 Å². The molecule has 5 aliphatic rings. The highest BCUT2D eigenvalue weighted by molar-refractivity contribution is 5.01. The number of β-amino-alcohol motifs (C(OH)–C–C–N with tert-alkyl or cyclic N) is 1. The number of hydrogen-bond acceptors (Lipinski definition) is 3. The molecule has 0 amide bonds. The fourth-order valence-corrected chi connectivity index (χ4v) is 7.23. The van der Waals surface area contributed by atoms with Gasteiger partial charge >= 0.3 is 0 Å². The van der Waals surface area contributed by atoms with Crippen LogP contribution < -0.4 is 0 Å². The fraction of sp³-hybridized carbons (Fsp3) is 1.00.